The first-order valence-electron chi connectivity index (χ1n) is 6.54. The molecule has 2 rings (SSSR count). The van der Waals surface area contributed by atoms with Gasteiger partial charge in [-0.15, -0.1) is 5.10 Å². The summed E-state index contributed by atoms with van der Waals surface area (Å²) in [6, 6.07) is 5.68. The molecule has 0 aliphatic heterocycles. The number of ether oxygens (including phenoxy) is 1. The number of hydrogen-bond acceptors (Lipinski definition) is 8. The maximum absolute atomic E-state index is 11.8. The molecule has 0 spiro atoms. The molecule has 0 radical (unpaired) electrons. The molecule has 2 aromatic rings. The molecule has 1 heterocycles. The molecule has 1 aromatic heterocycles. The van der Waals surface area contributed by atoms with Crippen molar-refractivity contribution in [1.29, 1.82) is 0 Å². The number of carbonyl (C=O) groups excluding carboxylic acids is 2. The quantitative estimate of drug-likeness (QED) is 0.484. The van der Waals surface area contributed by atoms with Crippen molar-refractivity contribution in [1.82, 2.24) is 9.59 Å². The highest BCUT2D eigenvalue weighted by molar-refractivity contribution is 7.07. The Labute approximate surface area is 134 Å². The van der Waals surface area contributed by atoms with Crippen LogP contribution in [0.1, 0.15) is 22.3 Å². The molecule has 120 valence electrons. The number of aromatic nitrogens is 2. The van der Waals surface area contributed by atoms with Gasteiger partial charge in [-0.1, -0.05) is 23.5 Å². The number of para-hydroxylation sites is 2. The largest absolute Gasteiger partial charge is 0.451 e. The van der Waals surface area contributed by atoms with E-state index in [1.54, 1.807) is 6.07 Å². The van der Waals surface area contributed by atoms with Gasteiger partial charge in [0, 0.05) is 6.07 Å². The van der Waals surface area contributed by atoms with Crippen LogP contribution in [0, 0.1) is 10.1 Å². The van der Waals surface area contributed by atoms with Gasteiger partial charge >= 0.3 is 5.97 Å². The fraction of sp³-hybridized carbons (Fsp3) is 0.231. The summed E-state index contributed by atoms with van der Waals surface area (Å²) in [7, 11) is 0. The van der Waals surface area contributed by atoms with Gasteiger partial charge in [0.1, 0.15) is 5.69 Å². The van der Waals surface area contributed by atoms with E-state index in [9.17, 15) is 19.7 Å². The Bertz CT molecular complexity index is 745. The molecule has 0 aliphatic carbocycles. The topological polar surface area (TPSA) is 124 Å². The van der Waals surface area contributed by atoms with Gasteiger partial charge in [-0.05, 0) is 24.0 Å². The number of nitro benzene ring substituents is 1. The zero-order valence-electron chi connectivity index (χ0n) is 12.0. The number of anilines is 1. The minimum Gasteiger partial charge on any atom is -0.451 e. The van der Waals surface area contributed by atoms with Gasteiger partial charge in [-0.25, -0.2) is 4.79 Å². The third-order valence-corrected chi connectivity index (χ3v) is 3.53. The number of carbonyl (C=O) groups is 2. The molecule has 1 aromatic carbocycles. The van der Waals surface area contributed by atoms with Crippen LogP contribution in [-0.2, 0) is 16.0 Å². The van der Waals surface area contributed by atoms with E-state index in [-0.39, 0.29) is 16.3 Å². The normalized spacial score (nSPS) is 10.1. The molecule has 0 fully saturated rings. The average Bonchev–Trinajstić information content (AvgIpc) is 3.01. The van der Waals surface area contributed by atoms with Gasteiger partial charge in [-0.2, -0.15) is 0 Å². The standard InChI is InChI=1S/C13H12N4O5S/c1-2-8-12(23-16-15-8)13(19)22-7-11(18)14-9-5-3-4-6-10(9)17(20)21/h3-6H,2,7H2,1H3,(H,14,18). The highest BCUT2D eigenvalue weighted by Gasteiger charge is 2.19. The monoisotopic (exact) mass is 336 g/mol. The summed E-state index contributed by atoms with van der Waals surface area (Å²) in [5, 5.41) is 17.0. The fourth-order valence-corrected chi connectivity index (χ4v) is 2.36. The Morgan fingerprint density at radius 3 is 2.83 bits per heavy atom. The molecule has 23 heavy (non-hydrogen) atoms. The smallest absolute Gasteiger partial charge is 0.352 e. The number of aryl methyl sites for hydroxylation is 1. The predicted molar refractivity (Wildman–Crippen MR) is 81.3 cm³/mol. The van der Waals surface area contributed by atoms with Gasteiger partial charge in [-0.3, -0.25) is 14.9 Å². The first-order chi connectivity index (χ1) is 11.0. The number of benzene rings is 1. The van der Waals surface area contributed by atoms with Crippen molar-refractivity contribution in [3.63, 3.8) is 0 Å². The highest BCUT2D eigenvalue weighted by atomic mass is 32.1. The van der Waals surface area contributed by atoms with Crippen LogP contribution < -0.4 is 5.32 Å². The summed E-state index contributed by atoms with van der Waals surface area (Å²) in [5.41, 5.74) is 0.290. The van der Waals surface area contributed by atoms with Crippen molar-refractivity contribution in [3.05, 3.63) is 45.0 Å². The molecular weight excluding hydrogens is 324 g/mol. The van der Waals surface area contributed by atoms with Crippen molar-refractivity contribution < 1.29 is 19.2 Å². The Morgan fingerprint density at radius 1 is 1.39 bits per heavy atom. The van der Waals surface area contributed by atoms with Crippen LogP contribution in [0.2, 0.25) is 0 Å². The summed E-state index contributed by atoms with van der Waals surface area (Å²) in [6.45, 7) is 1.25. The van der Waals surface area contributed by atoms with Crippen LogP contribution in [0.4, 0.5) is 11.4 Å². The van der Waals surface area contributed by atoms with Crippen LogP contribution in [0.5, 0.6) is 0 Å². The second kappa shape index (κ2) is 7.40. The lowest BCUT2D eigenvalue weighted by atomic mass is 10.2. The number of hydrogen-bond donors (Lipinski definition) is 1. The zero-order chi connectivity index (χ0) is 16.8. The lowest BCUT2D eigenvalue weighted by molar-refractivity contribution is -0.383. The molecule has 0 saturated heterocycles. The molecule has 0 saturated carbocycles. The Morgan fingerprint density at radius 2 is 2.13 bits per heavy atom. The molecule has 1 N–H and O–H groups in total. The summed E-state index contributed by atoms with van der Waals surface area (Å²) in [5.74, 6) is -1.38. The fourth-order valence-electron chi connectivity index (χ4n) is 1.72. The first kappa shape index (κ1) is 16.5. The maximum atomic E-state index is 11.8. The molecule has 9 nitrogen and oxygen atoms in total. The van der Waals surface area contributed by atoms with Gasteiger partial charge in [0.05, 0.1) is 10.6 Å². The molecule has 0 aliphatic rings. The Kier molecular flexibility index (Phi) is 5.31. The van der Waals surface area contributed by atoms with E-state index in [1.165, 1.54) is 18.2 Å². The van der Waals surface area contributed by atoms with Crippen molar-refractivity contribution in [2.45, 2.75) is 13.3 Å². The van der Waals surface area contributed by atoms with E-state index in [2.05, 4.69) is 14.9 Å². The van der Waals surface area contributed by atoms with Gasteiger partial charge in [0.2, 0.25) is 0 Å². The second-order valence-corrected chi connectivity index (χ2v) is 5.05. The summed E-state index contributed by atoms with van der Waals surface area (Å²) >= 11 is 0.888. The number of nitro groups is 1. The van der Waals surface area contributed by atoms with E-state index in [0.29, 0.717) is 12.1 Å². The van der Waals surface area contributed by atoms with Crippen LogP contribution in [0.15, 0.2) is 24.3 Å². The van der Waals surface area contributed by atoms with Crippen molar-refractivity contribution in [2.24, 2.45) is 0 Å². The van der Waals surface area contributed by atoms with Crippen LogP contribution >= 0.6 is 11.5 Å². The number of esters is 1. The van der Waals surface area contributed by atoms with Gasteiger partial charge < -0.3 is 10.1 Å². The minimum atomic E-state index is -0.699. The highest BCUT2D eigenvalue weighted by Crippen LogP contribution is 2.23. The molecular formula is C13H12N4O5S. The van der Waals surface area contributed by atoms with Crippen molar-refractivity contribution in [3.8, 4) is 0 Å². The number of nitrogens with one attached hydrogen (secondary N) is 1. The molecule has 0 unspecified atom stereocenters. The van der Waals surface area contributed by atoms with Crippen LogP contribution in [0.25, 0.3) is 0 Å². The summed E-state index contributed by atoms with van der Waals surface area (Å²) < 4.78 is 8.53. The predicted octanol–water partition coefficient (Wildman–Crippen LogP) is 1.80. The molecule has 1 amide bonds. The van der Waals surface area contributed by atoms with E-state index in [1.807, 2.05) is 6.92 Å². The second-order valence-electron chi connectivity index (χ2n) is 4.30. The third kappa shape index (κ3) is 4.07. The van der Waals surface area contributed by atoms with E-state index < -0.39 is 23.4 Å². The minimum absolute atomic E-state index is 0.0345. The van der Waals surface area contributed by atoms with Crippen molar-refractivity contribution >= 4 is 34.8 Å². The van der Waals surface area contributed by atoms with Crippen LogP contribution in [-0.4, -0.2) is 33.0 Å². The number of amides is 1. The first-order valence-corrected chi connectivity index (χ1v) is 7.32. The lowest BCUT2D eigenvalue weighted by Crippen LogP contribution is -2.21. The lowest BCUT2D eigenvalue weighted by Gasteiger charge is -2.06. The third-order valence-electron chi connectivity index (χ3n) is 2.79. The summed E-state index contributed by atoms with van der Waals surface area (Å²) in [6.07, 6.45) is 0.517. The zero-order valence-corrected chi connectivity index (χ0v) is 12.8. The summed E-state index contributed by atoms with van der Waals surface area (Å²) in [4.78, 5) is 34.1. The Hall–Kier alpha value is -2.88. The molecule has 10 heteroatoms. The van der Waals surface area contributed by atoms with E-state index >= 15 is 0 Å². The Balaban J connectivity index is 1.96. The van der Waals surface area contributed by atoms with E-state index in [4.69, 9.17) is 4.74 Å². The van der Waals surface area contributed by atoms with Gasteiger partial charge in [0.15, 0.2) is 11.5 Å². The number of nitrogens with zero attached hydrogens (tertiary/aromatic N) is 3. The molecule has 0 atom stereocenters. The molecule has 0 bridgehead atoms. The van der Waals surface area contributed by atoms with Gasteiger partial charge in [0.25, 0.3) is 11.6 Å². The number of rotatable bonds is 6. The van der Waals surface area contributed by atoms with E-state index in [0.717, 1.165) is 11.5 Å². The van der Waals surface area contributed by atoms with Crippen LogP contribution in [0.3, 0.4) is 0 Å². The maximum Gasteiger partial charge on any atom is 0.352 e. The SMILES string of the molecule is CCc1nnsc1C(=O)OCC(=O)Nc1ccccc1[N+](=O)[O-]. The average molecular weight is 336 g/mol. The van der Waals surface area contributed by atoms with Crippen molar-refractivity contribution in [2.75, 3.05) is 11.9 Å².